The second-order valence-corrected chi connectivity index (χ2v) is 10.2. The van der Waals surface area contributed by atoms with E-state index in [1.807, 2.05) is 23.2 Å². The largest absolute Gasteiger partial charge is 0.456 e. The molecule has 1 amide bonds. The molecule has 0 spiro atoms. The van der Waals surface area contributed by atoms with Gasteiger partial charge in [0.1, 0.15) is 11.5 Å². The van der Waals surface area contributed by atoms with Crippen LogP contribution in [0.15, 0.2) is 48.8 Å². The Labute approximate surface area is 211 Å². The third-order valence-electron chi connectivity index (χ3n) is 7.69. The van der Waals surface area contributed by atoms with Gasteiger partial charge in [0.05, 0.1) is 29.6 Å². The van der Waals surface area contributed by atoms with Gasteiger partial charge < -0.3 is 15.0 Å². The lowest BCUT2D eigenvalue weighted by atomic mass is 9.92. The Bertz CT molecular complexity index is 1330. The Hall–Kier alpha value is -3.63. The molecule has 1 N–H and O–H groups in total. The van der Waals surface area contributed by atoms with E-state index >= 15 is 0 Å². The SMILES string of the molecule is CC1CCc2c(ccc(-c3cnn(C4CCNCC4)c3)c2Oc2cccc(C#N)c2)N1C(=O)C1CC1. The lowest BCUT2D eigenvalue weighted by Gasteiger charge is -2.36. The molecule has 0 bridgehead atoms. The molecular weight excluding hydrogens is 450 g/mol. The summed E-state index contributed by atoms with van der Waals surface area (Å²) < 4.78 is 8.65. The first-order valence-corrected chi connectivity index (χ1v) is 13.0. The van der Waals surface area contributed by atoms with Gasteiger partial charge in [0.2, 0.25) is 5.91 Å². The van der Waals surface area contributed by atoms with Gasteiger partial charge in [-0.2, -0.15) is 10.4 Å². The van der Waals surface area contributed by atoms with Crippen molar-refractivity contribution >= 4 is 11.6 Å². The summed E-state index contributed by atoms with van der Waals surface area (Å²) in [6.45, 7) is 4.15. The number of piperidine rings is 1. The number of nitrogens with one attached hydrogen (secondary N) is 1. The van der Waals surface area contributed by atoms with Gasteiger partial charge in [-0.1, -0.05) is 6.07 Å². The molecule has 1 atom stereocenters. The Morgan fingerprint density at radius 1 is 1.14 bits per heavy atom. The van der Waals surface area contributed by atoms with Crippen LogP contribution in [0.3, 0.4) is 0 Å². The average molecular weight is 482 g/mol. The molecular formula is C29H31N5O2. The van der Waals surface area contributed by atoms with E-state index < -0.39 is 0 Å². The van der Waals surface area contributed by atoms with Crippen molar-refractivity contribution in [2.24, 2.45) is 5.92 Å². The fraction of sp³-hybridized carbons (Fsp3) is 0.414. The second-order valence-electron chi connectivity index (χ2n) is 10.2. The molecule has 1 saturated carbocycles. The highest BCUT2D eigenvalue weighted by atomic mass is 16.5. The molecule has 1 aliphatic carbocycles. The van der Waals surface area contributed by atoms with E-state index in [-0.39, 0.29) is 17.9 Å². The lowest BCUT2D eigenvalue weighted by Crippen LogP contribution is -2.43. The molecule has 2 aliphatic heterocycles. The van der Waals surface area contributed by atoms with Crippen LogP contribution in [0.4, 0.5) is 5.69 Å². The van der Waals surface area contributed by atoms with E-state index in [9.17, 15) is 10.1 Å². The predicted octanol–water partition coefficient (Wildman–Crippen LogP) is 5.22. The number of fused-ring (bicyclic) bond motifs is 1. The maximum atomic E-state index is 13.3. The first-order valence-electron chi connectivity index (χ1n) is 13.0. The van der Waals surface area contributed by atoms with Crippen molar-refractivity contribution in [3.05, 3.63) is 59.9 Å². The minimum absolute atomic E-state index is 0.151. The zero-order chi connectivity index (χ0) is 24.6. The number of nitrogens with zero attached hydrogens (tertiary/aromatic N) is 4. The monoisotopic (exact) mass is 481 g/mol. The Balaban J connectivity index is 1.44. The Kier molecular flexibility index (Phi) is 5.98. The van der Waals surface area contributed by atoms with Crippen LogP contribution in [0.5, 0.6) is 11.5 Å². The van der Waals surface area contributed by atoms with Crippen LogP contribution in [0.25, 0.3) is 11.1 Å². The van der Waals surface area contributed by atoms with Gasteiger partial charge >= 0.3 is 0 Å². The van der Waals surface area contributed by atoms with Gasteiger partial charge in [-0.05, 0) is 88.9 Å². The number of rotatable bonds is 5. The zero-order valence-corrected chi connectivity index (χ0v) is 20.6. The van der Waals surface area contributed by atoms with Crippen molar-refractivity contribution in [3.8, 4) is 28.7 Å². The molecule has 184 valence electrons. The summed E-state index contributed by atoms with van der Waals surface area (Å²) in [4.78, 5) is 15.2. The molecule has 1 saturated heterocycles. The van der Waals surface area contributed by atoms with E-state index in [1.165, 1.54) is 0 Å². The van der Waals surface area contributed by atoms with Crippen LogP contribution in [0, 0.1) is 17.2 Å². The first-order chi connectivity index (χ1) is 17.6. The summed E-state index contributed by atoms with van der Waals surface area (Å²) in [5.41, 5.74) is 4.52. The van der Waals surface area contributed by atoms with Crippen LogP contribution in [0.1, 0.15) is 56.2 Å². The molecule has 3 aliphatic rings. The highest BCUT2D eigenvalue weighted by Gasteiger charge is 2.39. The highest BCUT2D eigenvalue weighted by molar-refractivity contribution is 5.99. The molecule has 36 heavy (non-hydrogen) atoms. The molecule has 1 aromatic heterocycles. The summed E-state index contributed by atoms with van der Waals surface area (Å²) in [5.74, 6) is 1.76. The summed E-state index contributed by atoms with van der Waals surface area (Å²) in [7, 11) is 0. The molecule has 2 fully saturated rings. The zero-order valence-electron chi connectivity index (χ0n) is 20.6. The van der Waals surface area contributed by atoms with E-state index in [0.717, 1.165) is 79.7 Å². The predicted molar refractivity (Wildman–Crippen MR) is 138 cm³/mol. The minimum Gasteiger partial charge on any atom is -0.456 e. The van der Waals surface area contributed by atoms with Gasteiger partial charge in [0, 0.05) is 34.8 Å². The van der Waals surface area contributed by atoms with Crippen LogP contribution in [-0.4, -0.2) is 34.8 Å². The van der Waals surface area contributed by atoms with Gasteiger partial charge in [-0.3, -0.25) is 9.48 Å². The molecule has 0 radical (unpaired) electrons. The number of carbonyl (C=O) groups is 1. The standard InChI is InChI=1S/C29H31N5O2/c1-19-5-8-26-27(34(19)29(35)21-6-7-21)10-9-25(28(26)36-24-4-2-3-20(15-24)16-30)22-17-32-33(18-22)23-11-13-31-14-12-23/h2-4,9-10,15,17-19,21,23,31H,5-8,11-14H2,1H3. The number of nitriles is 1. The smallest absolute Gasteiger partial charge is 0.230 e. The number of benzene rings is 2. The fourth-order valence-electron chi connectivity index (χ4n) is 5.51. The molecule has 7 heteroatoms. The highest BCUT2D eigenvalue weighted by Crippen LogP contribution is 2.46. The number of ether oxygens (including phenoxy) is 1. The van der Waals surface area contributed by atoms with Crippen molar-refractivity contribution in [1.29, 1.82) is 5.26 Å². The van der Waals surface area contributed by atoms with Gasteiger partial charge in [0.25, 0.3) is 0 Å². The third kappa shape index (κ3) is 4.27. The van der Waals surface area contributed by atoms with Crippen LogP contribution >= 0.6 is 0 Å². The maximum absolute atomic E-state index is 13.3. The van der Waals surface area contributed by atoms with E-state index in [4.69, 9.17) is 9.84 Å². The van der Waals surface area contributed by atoms with E-state index in [2.05, 4.69) is 41.3 Å². The van der Waals surface area contributed by atoms with Crippen molar-refractivity contribution in [2.45, 2.75) is 57.5 Å². The second kappa shape index (κ2) is 9.44. The topological polar surface area (TPSA) is 83.2 Å². The van der Waals surface area contributed by atoms with Crippen molar-refractivity contribution in [3.63, 3.8) is 0 Å². The first kappa shape index (κ1) is 22.8. The maximum Gasteiger partial charge on any atom is 0.230 e. The van der Waals surface area contributed by atoms with Gasteiger partial charge in [0.15, 0.2) is 0 Å². The number of amides is 1. The van der Waals surface area contributed by atoms with Crippen molar-refractivity contribution in [2.75, 3.05) is 18.0 Å². The van der Waals surface area contributed by atoms with Crippen LogP contribution in [-0.2, 0) is 11.2 Å². The van der Waals surface area contributed by atoms with Gasteiger partial charge in [-0.15, -0.1) is 0 Å². The number of anilines is 1. The van der Waals surface area contributed by atoms with Gasteiger partial charge in [-0.25, -0.2) is 0 Å². The summed E-state index contributed by atoms with van der Waals surface area (Å²) in [5, 5.41) is 17.5. The molecule has 6 rings (SSSR count). The quantitative estimate of drug-likeness (QED) is 0.540. The fourth-order valence-corrected chi connectivity index (χ4v) is 5.51. The van der Waals surface area contributed by atoms with Crippen LogP contribution < -0.4 is 15.0 Å². The summed E-state index contributed by atoms with van der Waals surface area (Å²) in [6.07, 6.45) is 9.84. The van der Waals surface area contributed by atoms with Crippen molar-refractivity contribution < 1.29 is 9.53 Å². The molecule has 3 heterocycles. The average Bonchev–Trinajstić information content (AvgIpc) is 3.65. The number of hydrogen-bond acceptors (Lipinski definition) is 5. The Morgan fingerprint density at radius 3 is 2.75 bits per heavy atom. The van der Waals surface area contributed by atoms with Crippen molar-refractivity contribution in [1.82, 2.24) is 15.1 Å². The minimum atomic E-state index is 0.151. The van der Waals surface area contributed by atoms with E-state index in [1.54, 1.807) is 12.1 Å². The van der Waals surface area contributed by atoms with Crippen LogP contribution in [0.2, 0.25) is 0 Å². The number of hydrogen-bond donors (Lipinski definition) is 1. The summed E-state index contributed by atoms with van der Waals surface area (Å²) in [6, 6.07) is 14.1. The normalized spacial score (nSPS) is 20.0. The molecule has 2 aromatic carbocycles. The third-order valence-corrected chi connectivity index (χ3v) is 7.69. The molecule has 1 unspecified atom stereocenters. The van der Waals surface area contributed by atoms with E-state index in [0.29, 0.717) is 17.4 Å². The lowest BCUT2D eigenvalue weighted by molar-refractivity contribution is -0.120. The number of aromatic nitrogens is 2. The summed E-state index contributed by atoms with van der Waals surface area (Å²) >= 11 is 0. The molecule has 3 aromatic rings. The molecule has 7 nitrogen and oxygen atoms in total. The number of carbonyl (C=O) groups excluding carboxylic acids is 1. The Morgan fingerprint density at radius 2 is 1.97 bits per heavy atom.